The largest absolute Gasteiger partial charge is 0.495 e. The zero-order valence-electron chi connectivity index (χ0n) is 10.8. The second-order valence-corrected chi connectivity index (χ2v) is 4.45. The molecule has 0 fully saturated rings. The SMILES string of the molecule is COc1ccc(-c2nc3ccc(C)cc3o2)cc1N. The van der Waals surface area contributed by atoms with Gasteiger partial charge in [-0.3, -0.25) is 0 Å². The normalized spacial score (nSPS) is 10.8. The summed E-state index contributed by atoms with van der Waals surface area (Å²) in [7, 11) is 1.59. The van der Waals surface area contributed by atoms with Gasteiger partial charge < -0.3 is 14.9 Å². The van der Waals surface area contributed by atoms with E-state index in [1.165, 1.54) is 0 Å². The van der Waals surface area contributed by atoms with Crippen LogP contribution in [-0.4, -0.2) is 12.1 Å². The van der Waals surface area contributed by atoms with Gasteiger partial charge in [0.1, 0.15) is 11.3 Å². The summed E-state index contributed by atoms with van der Waals surface area (Å²) in [4.78, 5) is 4.46. The molecule has 3 rings (SSSR count). The van der Waals surface area contributed by atoms with Gasteiger partial charge in [0.2, 0.25) is 5.89 Å². The Morgan fingerprint density at radius 1 is 1.16 bits per heavy atom. The first-order valence-corrected chi connectivity index (χ1v) is 5.98. The van der Waals surface area contributed by atoms with Crippen LogP contribution in [0.4, 0.5) is 5.69 Å². The van der Waals surface area contributed by atoms with Crippen LogP contribution in [0.25, 0.3) is 22.6 Å². The fourth-order valence-corrected chi connectivity index (χ4v) is 2.02. The van der Waals surface area contributed by atoms with E-state index in [1.54, 1.807) is 13.2 Å². The van der Waals surface area contributed by atoms with E-state index in [0.717, 1.165) is 22.2 Å². The summed E-state index contributed by atoms with van der Waals surface area (Å²) in [5, 5.41) is 0. The molecule has 1 heterocycles. The van der Waals surface area contributed by atoms with Crippen molar-refractivity contribution < 1.29 is 9.15 Å². The molecule has 3 aromatic rings. The topological polar surface area (TPSA) is 61.3 Å². The van der Waals surface area contributed by atoms with Crippen LogP contribution in [0.15, 0.2) is 40.8 Å². The highest BCUT2D eigenvalue weighted by Gasteiger charge is 2.10. The third-order valence-electron chi connectivity index (χ3n) is 3.02. The Hall–Kier alpha value is -2.49. The van der Waals surface area contributed by atoms with Crippen molar-refractivity contribution in [3.8, 4) is 17.2 Å². The van der Waals surface area contributed by atoms with Gasteiger partial charge in [-0.1, -0.05) is 6.07 Å². The molecule has 0 aliphatic heterocycles. The minimum absolute atomic E-state index is 0.565. The summed E-state index contributed by atoms with van der Waals surface area (Å²) < 4.78 is 10.9. The molecule has 0 atom stereocenters. The number of aryl methyl sites for hydroxylation is 1. The number of aromatic nitrogens is 1. The van der Waals surface area contributed by atoms with E-state index in [2.05, 4.69) is 4.98 Å². The van der Waals surface area contributed by atoms with Gasteiger partial charge in [-0.2, -0.15) is 0 Å². The Morgan fingerprint density at radius 3 is 2.74 bits per heavy atom. The Labute approximate surface area is 110 Å². The molecule has 0 amide bonds. The highest BCUT2D eigenvalue weighted by atomic mass is 16.5. The number of ether oxygens (including phenoxy) is 1. The van der Waals surface area contributed by atoms with Crippen LogP contribution in [-0.2, 0) is 0 Å². The average Bonchev–Trinajstić information content (AvgIpc) is 2.81. The molecule has 19 heavy (non-hydrogen) atoms. The molecule has 1 aromatic heterocycles. The minimum atomic E-state index is 0.565. The number of hydrogen-bond donors (Lipinski definition) is 1. The van der Waals surface area contributed by atoms with Crippen LogP contribution in [0.5, 0.6) is 5.75 Å². The highest BCUT2D eigenvalue weighted by molar-refractivity contribution is 5.77. The fraction of sp³-hybridized carbons (Fsp3) is 0.133. The van der Waals surface area contributed by atoms with Gasteiger partial charge in [0.25, 0.3) is 0 Å². The smallest absolute Gasteiger partial charge is 0.227 e. The van der Waals surface area contributed by atoms with Crippen molar-refractivity contribution >= 4 is 16.8 Å². The molecule has 0 radical (unpaired) electrons. The summed E-state index contributed by atoms with van der Waals surface area (Å²) in [6, 6.07) is 11.4. The first-order valence-electron chi connectivity index (χ1n) is 5.98. The maximum absolute atomic E-state index is 5.89. The molecule has 96 valence electrons. The molecule has 0 bridgehead atoms. The molecule has 4 nitrogen and oxygen atoms in total. The van der Waals surface area contributed by atoms with Crippen LogP contribution in [0, 0.1) is 6.92 Å². The van der Waals surface area contributed by atoms with Crippen LogP contribution in [0.1, 0.15) is 5.56 Å². The molecular weight excluding hydrogens is 240 g/mol. The lowest BCUT2D eigenvalue weighted by molar-refractivity contribution is 0.417. The summed E-state index contributed by atoms with van der Waals surface area (Å²) in [5.74, 6) is 1.21. The van der Waals surface area contributed by atoms with Crippen molar-refractivity contribution in [1.29, 1.82) is 0 Å². The van der Waals surface area contributed by atoms with E-state index in [4.69, 9.17) is 14.9 Å². The Kier molecular flexibility index (Phi) is 2.63. The molecule has 0 spiro atoms. The van der Waals surface area contributed by atoms with Crippen molar-refractivity contribution in [3.63, 3.8) is 0 Å². The van der Waals surface area contributed by atoms with Gasteiger partial charge in [-0.05, 0) is 42.8 Å². The molecule has 0 saturated carbocycles. The van der Waals surface area contributed by atoms with E-state index in [1.807, 2.05) is 37.3 Å². The number of benzene rings is 2. The second kappa shape index (κ2) is 4.31. The third-order valence-corrected chi connectivity index (χ3v) is 3.02. The lowest BCUT2D eigenvalue weighted by Crippen LogP contribution is -1.92. The number of nitrogen functional groups attached to an aromatic ring is 1. The van der Waals surface area contributed by atoms with Crippen molar-refractivity contribution in [3.05, 3.63) is 42.0 Å². The van der Waals surface area contributed by atoms with Gasteiger partial charge in [0.05, 0.1) is 12.8 Å². The lowest BCUT2D eigenvalue weighted by atomic mass is 10.2. The average molecular weight is 254 g/mol. The molecule has 2 N–H and O–H groups in total. The van der Waals surface area contributed by atoms with Crippen molar-refractivity contribution in [2.75, 3.05) is 12.8 Å². The van der Waals surface area contributed by atoms with Crippen molar-refractivity contribution in [1.82, 2.24) is 4.98 Å². The van der Waals surface area contributed by atoms with Crippen LogP contribution >= 0.6 is 0 Å². The third kappa shape index (κ3) is 2.01. The zero-order chi connectivity index (χ0) is 13.4. The van der Waals surface area contributed by atoms with Crippen LogP contribution in [0.2, 0.25) is 0 Å². The number of oxazole rings is 1. The summed E-state index contributed by atoms with van der Waals surface area (Å²) in [6.07, 6.45) is 0. The molecule has 0 aliphatic carbocycles. The molecule has 0 unspecified atom stereocenters. The Bertz CT molecular complexity index is 747. The number of hydrogen-bond acceptors (Lipinski definition) is 4. The summed E-state index contributed by atoms with van der Waals surface area (Å²) in [6.45, 7) is 2.02. The van der Waals surface area contributed by atoms with Crippen molar-refractivity contribution in [2.45, 2.75) is 6.92 Å². The van der Waals surface area contributed by atoms with Gasteiger partial charge in [-0.25, -0.2) is 4.98 Å². The maximum atomic E-state index is 5.89. The van der Waals surface area contributed by atoms with E-state index in [9.17, 15) is 0 Å². The molecule has 0 aliphatic rings. The van der Waals surface area contributed by atoms with E-state index in [0.29, 0.717) is 17.3 Å². The van der Waals surface area contributed by atoms with Gasteiger partial charge in [0, 0.05) is 5.56 Å². The maximum Gasteiger partial charge on any atom is 0.227 e. The number of methoxy groups -OCH3 is 1. The quantitative estimate of drug-likeness (QED) is 0.712. The fourth-order valence-electron chi connectivity index (χ4n) is 2.02. The van der Waals surface area contributed by atoms with Crippen LogP contribution < -0.4 is 10.5 Å². The predicted molar refractivity (Wildman–Crippen MR) is 75.1 cm³/mol. The number of nitrogens with two attached hydrogens (primary N) is 1. The Morgan fingerprint density at radius 2 is 2.00 bits per heavy atom. The standard InChI is InChI=1S/C15H14N2O2/c1-9-3-5-12-14(7-9)19-15(17-12)10-4-6-13(18-2)11(16)8-10/h3-8H,16H2,1-2H3. The van der Waals surface area contributed by atoms with Gasteiger partial charge >= 0.3 is 0 Å². The second-order valence-electron chi connectivity index (χ2n) is 4.45. The summed E-state index contributed by atoms with van der Waals surface area (Å²) in [5.41, 5.74) is 10.1. The molecule has 2 aromatic carbocycles. The summed E-state index contributed by atoms with van der Waals surface area (Å²) >= 11 is 0. The predicted octanol–water partition coefficient (Wildman–Crippen LogP) is 3.39. The first-order chi connectivity index (χ1) is 9.17. The molecule has 0 saturated heterocycles. The molecular formula is C15H14N2O2. The number of fused-ring (bicyclic) bond motifs is 1. The van der Waals surface area contributed by atoms with E-state index < -0.39 is 0 Å². The highest BCUT2D eigenvalue weighted by Crippen LogP contribution is 2.30. The van der Waals surface area contributed by atoms with E-state index in [-0.39, 0.29) is 0 Å². The van der Waals surface area contributed by atoms with E-state index >= 15 is 0 Å². The van der Waals surface area contributed by atoms with Crippen LogP contribution in [0.3, 0.4) is 0 Å². The first kappa shape index (κ1) is 11.6. The molecule has 4 heteroatoms. The number of rotatable bonds is 2. The number of anilines is 1. The van der Waals surface area contributed by atoms with Gasteiger partial charge in [-0.15, -0.1) is 0 Å². The monoisotopic (exact) mass is 254 g/mol. The zero-order valence-corrected chi connectivity index (χ0v) is 10.8. The van der Waals surface area contributed by atoms with Gasteiger partial charge in [0.15, 0.2) is 5.58 Å². The van der Waals surface area contributed by atoms with Crippen molar-refractivity contribution in [2.24, 2.45) is 0 Å². The minimum Gasteiger partial charge on any atom is -0.495 e. The Balaban J connectivity index is 2.11. The lowest BCUT2D eigenvalue weighted by Gasteiger charge is -2.04. The number of nitrogens with zero attached hydrogens (tertiary/aromatic N) is 1.